The molecule has 0 saturated carbocycles. The van der Waals surface area contributed by atoms with E-state index in [2.05, 4.69) is 60.0 Å². The van der Waals surface area contributed by atoms with Crippen LogP contribution in [0.2, 0.25) is 5.02 Å². The summed E-state index contributed by atoms with van der Waals surface area (Å²) in [5.74, 6) is 1.24. The van der Waals surface area contributed by atoms with Gasteiger partial charge in [0, 0.05) is 36.2 Å². The van der Waals surface area contributed by atoms with Gasteiger partial charge in [-0.1, -0.05) is 48.5 Å². The number of halogens is 1. The highest BCUT2D eigenvalue weighted by Crippen LogP contribution is 2.45. The number of rotatable bonds is 3. The van der Waals surface area contributed by atoms with Crippen LogP contribution in [0, 0.1) is 0 Å². The highest BCUT2D eigenvalue weighted by molar-refractivity contribution is 7.19. The van der Waals surface area contributed by atoms with Crippen molar-refractivity contribution in [2.24, 2.45) is 0 Å². The summed E-state index contributed by atoms with van der Waals surface area (Å²) in [4.78, 5) is 28.5. The van der Waals surface area contributed by atoms with Crippen molar-refractivity contribution in [2.75, 3.05) is 34.7 Å². The number of amides is 1. The minimum absolute atomic E-state index is 0.00826. The van der Waals surface area contributed by atoms with Gasteiger partial charge in [-0.3, -0.25) is 4.79 Å². The van der Waals surface area contributed by atoms with Crippen molar-refractivity contribution in [3.05, 3.63) is 88.8 Å². The number of benzene rings is 2. The molecule has 0 spiro atoms. The first-order valence-corrected chi connectivity index (χ1v) is 12.8. The van der Waals surface area contributed by atoms with Gasteiger partial charge in [0.15, 0.2) is 5.82 Å². The molecule has 0 aliphatic carbocycles. The Morgan fingerprint density at radius 3 is 2.64 bits per heavy atom. The third kappa shape index (κ3) is 3.57. The van der Waals surface area contributed by atoms with Gasteiger partial charge >= 0.3 is 0 Å². The fraction of sp³-hybridized carbons (Fsp3) is 0.222. The van der Waals surface area contributed by atoms with Gasteiger partial charge in [-0.2, -0.15) is 0 Å². The first kappa shape index (κ1) is 23.0. The molecule has 1 aromatic heterocycles. The van der Waals surface area contributed by atoms with E-state index < -0.39 is 0 Å². The minimum Gasteiger partial charge on any atom is -0.347 e. The van der Waals surface area contributed by atoms with Gasteiger partial charge in [-0.15, -0.1) is 0 Å². The number of para-hydroxylation sites is 1. The van der Waals surface area contributed by atoms with Crippen LogP contribution in [0.5, 0.6) is 0 Å². The maximum atomic E-state index is 13.3. The Morgan fingerprint density at radius 2 is 1.83 bits per heavy atom. The summed E-state index contributed by atoms with van der Waals surface area (Å²) in [6.45, 7) is 5.73. The van der Waals surface area contributed by atoms with Crippen molar-refractivity contribution in [1.29, 1.82) is 0 Å². The molecule has 36 heavy (non-hydrogen) atoms. The largest absolute Gasteiger partial charge is 0.347 e. The number of carbonyl (C=O) groups excluding carboxylic acids is 1. The molecule has 182 valence electrons. The molecule has 2 atom stereocenters. The normalized spacial score (nSPS) is 19.4. The molecule has 6 rings (SSSR count). The van der Waals surface area contributed by atoms with Gasteiger partial charge in [0.1, 0.15) is 17.7 Å². The Bertz CT molecular complexity index is 1410. The van der Waals surface area contributed by atoms with Crippen LogP contribution in [-0.2, 0) is 0 Å². The van der Waals surface area contributed by atoms with E-state index in [0.29, 0.717) is 28.9 Å². The van der Waals surface area contributed by atoms with Gasteiger partial charge < -0.3 is 19.4 Å². The molecule has 1 saturated heterocycles. The summed E-state index contributed by atoms with van der Waals surface area (Å²) in [5.41, 5.74) is 5.46. The van der Waals surface area contributed by atoms with E-state index in [9.17, 15) is 4.79 Å². The second-order valence-corrected chi connectivity index (χ2v) is 10.3. The Labute approximate surface area is 217 Å². The van der Waals surface area contributed by atoms with Crippen LogP contribution in [0.3, 0.4) is 0 Å². The van der Waals surface area contributed by atoms with Crippen molar-refractivity contribution >= 4 is 56.0 Å². The van der Waals surface area contributed by atoms with Crippen molar-refractivity contribution in [1.82, 2.24) is 14.9 Å². The predicted molar refractivity (Wildman–Crippen MR) is 149 cm³/mol. The number of hydrogen-bond acceptors (Lipinski definition) is 6. The lowest BCUT2D eigenvalue weighted by molar-refractivity contribution is 0.0790. The third-order valence-corrected chi connectivity index (χ3v) is 7.77. The topological polar surface area (TPSA) is 55.8 Å². The second kappa shape index (κ2) is 8.91. The van der Waals surface area contributed by atoms with Crippen molar-refractivity contribution < 1.29 is 4.79 Å². The van der Waals surface area contributed by atoms with Crippen molar-refractivity contribution in [3.8, 4) is 0 Å². The molecule has 0 radical (unpaired) electrons. The highest BCUT2D eigenvalue weighted by Gasteiger charge is 2.39. The predicted octanol–water partition coefficient (Wildman–Crippen LogP) is 5.27. The molecule has 4 heterocycles. The zero-order valence-corrected chi connectivity index (χ0v) is 21.8. The lowest BCUT2D eigenvalue weighted by Crippen LogP contribution is -2.44. The van der Waals surface area contributed by atoms with E-state index in [0.717, 1.165) is 47.6 Å². The molecule has 3 aromatic rings. The summed E-state index contributed by atoms with van der Waals surface area (Å²) in [7, 11) is 4.46. The van der Waals surface area contributed by atoms with Crippen LogP contribution in [-0.4, -0.2) is 47.1 Å². The van der Waals surface area contributed by atoms with E-state index in [4.69, 9.17) is 11.6 Å². The van der Waals surface area contributed by atoms with Gasteiger partial charge in [0.05, 0.1) is 17.7 Å². The Balaban J connectivity index is 1.51. The molecule has 1 amide bonds. The average Bonchev–Trinajstić information content (AvgIpc) is 3.37. The Morgan fingerprint density at radius 1 is 1.06 bits per heavy atom. The summed E-state index contributed by atoms with van der Waals surface area (Å²) < 4.78 is 1.91. The van der Waals surface area contributed by atoms with E-state index in [1.165, 1.54) is 0 Å². The van der Waals surface area contributed by atoms with Crippen LogP contribution in [0.4, 0.5) is 17.3 Å². The summed E-state index contributed by atoms with van der Waals surface area (Å²) in [6.07, 6.45) is 5.66. The zero-order chi connectivity index (χ0) is 25.0. The second-order valence-electron chi connectivity index (χ2n) is 9.25. The number of nitrogens with zero attached hydrogens (tertiary/aromatic N) is 6. The van der Waals surface area contributed by atoms with E-state index in [-0.39, 0.29) is 11.9 Å². The number of aromatic nitrogens is 2. The number of fused-ring (bicyclic) bond motifs is 2. The molecule has 7 nitrogen and oxygen atoms in total. The lowest BCUT2D eigenvalue weighted by atomic mass is 9.94. The molecule has 0 N–H and O–H groups in total. The van der Waals surface area contributed by atoms with Gasteiger partial charge in [-0.25, -0.2) is 9.97 Å². The summed E-state index contributed by atoms with van der Waals surface area (Å²) in [6, 6.07) is 16.2. The van der Waals surface area contributed by atoms with Crippen LogP contribution >= 0.6 is 21.0 Å². The smallest absolute Gasteiger partial charge is 0.262 e. The Hall–Kier alpha value is -3.41. The quantitative estimate of drug-likeness (QED) is 0.442. The molecule has 3 aliphatic rings. The number of carbonyl (C=O) groups is 1. The molecule has 2 aromatic carbocycles. The molecule has 2 unspecified atom stereocenters. The molecular weight excluding hydrogens is 491 g/mol. The monoisotopic (exact) mass is 516 g/mol. The SMILES string of the molecule is C=C1c2c(Cl)cccc2C=C(C2CCCN2c2ncnc3c2C(=O)N(C)CN3P)N1c1ccccc1. The third-order valence-electron chi connectivity index (χ3n) is 7.05. The maximum absolute atomic E-state index is 13.3. The fourth-order valence-corrected chi connectivity index (χ4v) is 6.19. The van der Waals surface area contributed by atoms with Crippen LogP contribution in [0.1, 0.15) is 34.3 Å². The molecule has 0 bridgehead atoms. The first-order chi connectivity index (χ1) is 17.5. The highest BCUT2D eigenvalue weighted by atomic mass is 35.5. The van der Waals surface area contributed by atoms with Gasteiger partial charge in [0.2, 0.25) is 0 Å². The zero-order valence-electron chi connectivity index (χ0n) is 19.9. The van der Waals surface area contributed by atoms with Gasteiger partial charge in [-0.05, 0) is 52.1 Å². The minimum atomic E-state index is -0.0657. The van der Waals surface area contributed by atoms with Crippen LogP contribution in [0.25, 0.3) is 11.8 Å². The average molecular weight is 517 g/mol. The van der Waals surface area contributed by atoms with Crippen LogP contribution < -0.4 is 14.5 Å². The standard InChI is InChI=1S/C27H26ClN6OP/c1-17-23-18(8-6-11-20(23)28)14-22(34(17)19-9-4-3-5-10-19)21-12-7-13-32(21)25-24-26(30-15-29-25)33(36)16-31(2)27(24)35/h3-6,8-11,14-15,21H,1,7,12-13,16,36H2,2H3. The van der Waals surface area contributed by atoms with Crippen LogP contribution in [0.15, 0.2) is 67.1 Å². The Kier molecular flexibility index (Phi) is 5.70. The molecule has 1 fully saturated rings. The number of hydrogen-bond donors (Lipinski definition) is 0. The fourth-order valence-electron chi connectivity index (χ4n) is 5.46. The molecule has 3 aliphatic heterocycles. The van der Waals surface area contributed by atoms with E-state index >= 15 is 0 Å². The van der Waals surface area contributed by atoms with E-state index in [1.54, 1.807) is 18.3 Å². The summed E-state index contributed by atoms with van der Waals surface area (Å²) in [5, 5.41) is 0.677. The summed E-state index contributed by atoms with van der Waals surface area (Å²) >= 11 is 6.65. The van der Waals surface area contributed by atoms with E-state index in [1.807, 2.05) is 35.0 Å². The first-order valence-electron chi connectivity index (χ1n) is 11.9. The number of anilines is 3. The lowest BCUT2D eigenvalue weighted by Gasteiger charge is -2.40. The van der Waals surface area contributed by atoms with Gasteiger partial charge in [0.25, 0.3) is 5.91 Å². The molecular formula is C27H26ClN6OP. The maximum Gasteiger partial charge on any atom is 0.262 e. The van der Waals surface area contributed by atoms with Crippen molar-refractivity contribution in [2.45, 2.75) is 18.9 Å². The van der Waals surface area contributed by atoms with Crippen molar-refractivity contribution in [3.63, 3.8) is 0 Å². The molecule has 9 heteroatoms.